The highest BCUT2D eigenvalue weighted by Gasteiger charge is 2.09. The minimum atomic E-state index is -0.402. The van der Waals surface area contributed by atoms with E-state index in [-0.39, 0.29) is 5.69 Å². The molecule has 6 heteroatoms. The summed E-state index contributed by atoms with van der Waals surface area (Å²) < 4.78 is 0. The minimum Gasteiger partial charge on any atom is -0.362 e. The number of nitro groups is 1. The van der Waals surface area contributed by atoms with Gasteiger partial charge in [-0.2, -0.15) is 0 Å². The molecule has 0 saturated heterocycles. The zero-order valence-corrected chi connectivity index (χ0v) is 10.0. The van der Waals surface area contributed by atoms with Crippen LogP contribution < -0.4 is 5.32 Å². The van der Waals surface area contributed by atoms with Gasteiger partial charge >= 0.3 is 0 Å². The fourth-order valence-electron chi connectivity index (χ4n) is 1.42. The molecule has 1 N–H and O–H groups in total. The van der Waals surface area contributed by atoms with Gasteiger partial charge in [-0.25, -0.2) is 4.98 Å². The summed E-state index contributed by atoms with van der Waals surface area (Å²) in [6.45, 7) is 2.80. The molecule has 0 atom stereocenters. The molecule has 1 aromatic heterocycles. The third kappa shape index (κ3) is 2.59. The first kappa shape index (κ1) is 11.5. The van der Waals surface area contributed by atoms with Crippen molar-refractivity contribution < 1.29 is 4.92 Å². The summed E-state index contributed by atoms with van der Waals surface area (Å²) in [6, 6.07) is 6.49. The Balaban J connectivity index is 2.32. The molecule has 2 rings (SSSR count). The molecule has 1 aromatic carbocycles. The van der Waals surface area contributed by atoms with Crippen LogP contribution in [0.5, 0.6) is 0 Å². The van der Waals surface area contributed by atoms with Gasteiger partial charge in [0.2, 0.25) is 0 Å². The normalized spacial score (nSPS) is 10.2. The topological polar surface area (TPSA) is 68.1 Å². The summed E-state index contributed by atoms with van der Waals surface area (Å²) in [5, 5.41) is 16.5. The Morgan fingerprint density at radius 2 is 2.35 bits per heavy atom. The van der Waals surface area contributed by atoms with Crippen molar-refractivity contribution in [3.8, 4) is 11.3 Å². The Morgan fingerprint density at radius 1 is 1.53 bits per heavy atom. The largest absolute Gasteiger partial charge is 0.362 e. The molecule has 0 radical (unpaired) electrons. The van der Waals surface area contributed by atoms with Crippen LogP contribution in [0, 0.1) is 10.1 Å². The maximum atomic E-state index is 10.7. The number of thiazole rings is 1. The molecule has 17 heavy (non-hydrogen) atoms. The van der Waals surface area contributed by atoms with Crippen molar-refractivity contribution in [2.24, 2.45) is 0 Å². The number of nitrogens with one attached hydrogen (secondary N) is 1. The van der Waals surface area contributed by atoms with Crippen molar-refractivity contribution in [3.63, 3.8) is 0 Å². The lowest BCUT2D eigenvalue weighted by Gasteiger charge is -1.97. The smallest absolute Gasteiger partial charge is 0.270 e. The van der Waals surface area contributed by atoms with Gasteiger partial charge in [-0.1, -0.05) is 12.1 Å². The maximum Gasteiger partial charge on any atom is 0.270 e. The van der Waals surface area contributed by atoms with E-state index in [2.05, 4.69) is 10.3 Å². The maximum absolute atomic E-state index is 10.7. The van der Waals surface area contributed by atoms with Crippen LogP contribution in [-0.4, -0.2) is 16.5 Å². The third-order valence-corrected chi connectivity index (χ3v) is 2.98. The second-order valence-corrected chi connectivity index (χ2v) is 4.23. The van der Waals surface area contributed by atoms with E-state index < -0.39 is 4.92 Å². The number of aromatic nitrogens is 1. The lowest BCUT2D eigenvalue weighted by molar-refractivity contribution is -0.384. The minimum absolute atomic E-state index is 0.0838. The van der Waals surface area contributed by atoms with E-state index in [9.17, 15) is 10.1 Å². The molecule has 0 spiro atoms. The van der Waals surface area contributed by atoms with E-state index in [0.717, 1.165) is 22.9 Å². The molecule has 0 bridgehead atoms. The third-order valence-electron chi connectivity index (χ3n) is 2.18. The van der Waals surface area contributed by atoms with Gasteiger partial charge in [0.1, 0.15) is 0 Å². The molecule has 0 amide bonds. The Hall–Kier alpha value is -1.95. The summed E-state index contributed by atoms with van der Waals surface area (Å²) in [5.41, 5.74) is 1.61. The first-order valence-corrected chi connectivity index (χ1v) is 6.03. The Morgan fingerprint density at radius 3 is 3.06 bits per heavy atom. The van der Waals surface area contributed by atoms with E-state index in [1.165, 1.54) is 23.5 Å². The van der Waals surface area contributed by atoms with E-state index in [0.29, 0.717) is 0 Å². The van der Waals surface area contributed by atoms with Gasteiger partial charge in [0.25, 0.3) is 5.69 Å². The van der Waals surface area contributed by atoms with Crippen LogP contribution in [0.15, 0.2) is 29.6 Å². The molecular weight excluding hydrogens is 238 g/mol. The number of anilines is 1. The molecule has 5 nitrogen and oxygen atoms in total. The summed E-state index contributed by atoms with van der Waals surface area (Å²) >= 11 is 1.49. The summed E-state index contributed by atoms with van der Waals surface area (Å²) in [6.07, 6.45) is 0. The second-order valence-electron chi connectivity index (χ2n) is 3.38. The van der Waals surface area contributed by atoms with E-state index in [1.54, 1.807) is 6.07 Å². The predicted molar refractivity (Wildman–Crippen MR) is 68.4 cm³/mol. The lowest BCUT2D eigenvalue weighted by Crippen LogP contribution is -1.95. The van der Waals surface area contributed by atoms with Gasteiger partial charge < -0.3 is 5.32 Å². The summed E-state index contributed by atoms with van der Waals surface area (Å²) in [7, 11) is 0. The predicted octanol–water partition coefficient (Wildman–Crippen LogP) is 3.15. The number of benzene rings is 1. The summed E-state index contributed by atoms with van der Waals surface area (Å²) in [5.74, 6) is 0. The summed E-state index contributed by atoms with van der Waals surface area (Å²) in [4.78, 5) is 14.6. The van der Waals surface area contributed by atoms with Crippen molar-refractivity contribution >= 4 is 22.2 Å². The fraction of sp³-hybridized carbons (Fsp3) is 0.182. The zero-order chi connectivity index (χ0) is 12.3. The molecule has 0 aliphatic carbocycles. The first-order chi connectivity index (χ1) is 8.20. The van der Waals surface area contributed by atoms with E-state index >= 15 is 0 Å². The van der Waals surface area contributed by atoms with Crippen molar-refractivity contribution in [1.29, 1.82) is 0 Å². The van der Waals surface area contributed by atoms with Crippen molar-refractivity contribution in [1.82, 2.24) is 4.98 Å². The number of nitrogens with zero attached hydrogens (tertiary/aromatic N) is 2. The highest BCUT2D eigenvalue weighted by molar-refractivity contribution is 7.14. The molecule has 0 unspecified atom stereocenters. The van der Waals surface area contributed by atoms with Crippen LogP contribution in [0.25, 0.3) is 11.3 Å². The monoisotopic (exact) mass is 249 g/mol. The van der Waals surface area contributed by atoms with Crippen LogP contribution in [0.2, 0.25) is 0 Å². The van der Waals surface area contributed by atoms with Crippen LogP contribution in [0.1, 0.15) is 6.92 Å². The van der Waals surface area contributed by atoms with Gasteiger partial charge in [-0.3, -0.25) is 10.1 Å². The van der Waals surface area contributed by atoms with Gasteiger partial charge in [0.05, 0.1) is 10.6 Å². The lowest BCUT2D eigenvalue weighted by atomic mass is 10.1. The highest BCUT2D eigenvalue weighted by atomic mass is 32.1. The molecule has 0 aliphatic heterocycles. The van der Waals surface area contributed by atoms with Crippen LogP contribution in [0.3, 0.4) is 0 Å². The first-order valence-electron chi connectivity index (χ1n) is 5.15. The highest BCUT2D eigenvalue weighted by Crippen LogP contribution is 2.27. The molecule has 2 aromatic rings. The molecule has 0 fully saturated rings. The van der Waals surface area contributed by atoms with Crippen molar-refractivity contribution in [2.45, 2.75) is 6.92 Å². The van der Waals surface area contributed by atoms with Gasteiger partial charge in [0, 0.05) is 29.6 Å². The molecular formula is C11H11N3O2S. The quantitative estimate of drug-likeness (QED) is 0.667. The van der Waals surface area contributed by atoms with E-state index in [4.69, 9.17) is 0 Å². The number of non-ortho nitro benzene ring substituents is 1. The fourth-order valence-corrected chi connectivity index (χ4v) is 2.21. The average molecular weight is 249 g/mol. The van der Waals surface area contributed by atoms with Crippen molar-refractivity contribution in [2.75, 3.05) is 11.9 Å². The number of rotatable bonds is 4. The van der Waals surface area contributed by atoms with E-state index in [1.807, 2.05) is 18.4 Å². The zero-order valence-electron chi connectivity index (χ0n) is 9.21. The van der Waals surface area contributed by atoms with Crippen LogP contribution in [-0.2, 0) is 0 Å². The van der Waals surface area contributed by atoms with Gasteiger partial charge in [-0.05, 0) is 6.92 Å². The molecule has 0 aliphatic rings. The SMILES string of the molecule is CCNc1nc(-c2cccc([N+](=O)[O-])c2)cs1. The molecule has 0 saturated carbocycles. The average Bonchev–Trinajstić information content (AvgIpc) is 2.78. The molecule has 1 heterocycles. The Labute approximate surface area is 102 Å². The van der Waals surface area contributed by atoms with Crippen LogP contribution in [0.4, 0.5) is 10.8 Å². The van der Waals surface area contributed by atoms with Gasteiger partial charge in [-0.15, -0.1) is 11.3 Å². The van der Waals surface area contributed by atoms with Crippen molar-refractivity contribution in [3.05, 3.63) is 39.8 Å². The van der Waals surface area contributed by atoms with Gasteiger partial charge in [0.15, 0.2) is 5.13 Å². The Kier molecular flexibility index (Phi) is 3.34. The molecule has 88 valence electrons. The standard InChI is InChI=1S/C11H11N3O2S/c1-2-12-11-13-10(7-17-11)8-4-3-5-9(6-8)14(15)16/h3-7H,2H2,1H3,(H,12,13). The second kappa shape index (κ2) is 4.92. The number of nitro benzene ring substituents is 1. The Bertz CT molecular complexity index is 539. The number of hydrogen-bond acceptors (Lipinski definition) is 5. The van der Waals surface area contributed by atoms with Crippen LogP contribution >= 0.6 is 11.3 Å². The number of hydrogen-bond donors (Lipinski definition) is 1.